The van der Waals surface area contributed by atoms with Crippen LogP contribution >= 0.6 is 23.2 Å². The molecular weight excluding hydrogens is 610 g/mol. The average molecular weight is 638 g/mol. The molecule has 2 aromatic carbocycles. The summed E-state index contributed by atoms with van der Waals surface area (Å²) in [5.74, 6) is -1.43. The number of aromatic amines is 1. The minimum Gasteiger partial charge on any atom is -0.483 e. The van der Waals surface area contributed by atoms with Crippen molar-refractivity contribution in [2.75, 3.05) is 11.9 Å². The van der Waals surface area contributed by atoms with Gasteiger partial charge in [-0.1, -0.05) is 35.2 Å². The Labute approximate surface area is 247 Å². The van der Waals surface area contributed by atoms with Gasteiger partial charge in [0.15, 0.2) is 6.61 Å². The number of allylic oxidation sites excluding steroid dienone is 2. The smallest absolute Gasteiger partial charge is 0.422 e. The third-order valence-corrected chi connectivity index (χ3v) is 8.42. The highest BCUT2D eigenvalue weighted by atomic mass is 35.5. The lowest BCUT2D eigenvalue weighted by Crippen LogP contribution is -2.27. The topological polar surface area (TPSA) is 49.9 Å². The Morgan fingerprint density at radius 2 is 1.64 bits per heavy atom. The van der Waals surface area contributed by atoms with Gasteiger partial charge < -0.3 is 15.0 Å². The number of rotatable bonds is 9. The van der Waals surface area contributed by atoms with Gasteiger partial charge in [0.05, 0.1) is 32.7 Å². The highest BCUT2D eigenvalue weighted by molar-refractivity contribution is 6.39. The molecule has 3 aromatic rings. The lowest BCUT2D eigenvalue weighted by Gasteiger charge is -2.29. The van der Waals surface area contributed by atoms with Crippen LogP contribution in [-0.4, -0.2) is 28.9 Å². The molecule has 0 spiro atoms. The fourth-order valence-electron chi connectivity index (χ4n) is 5.60. The second-order valence-corrected chi connectivity index (χ2v) is 11.8. The standard InChI is InChI=1S/C29H28Cl2F7N3O/c30-21-10-18(32)11-22(31)26(21)41-27-39-23-12-20(25(13-24(23)40-27)42-14-28(33,34)35)19(16-6-7-16)3-1-2-15-4-8-17(9-5-15)29(36,37)38/h10-13,15,17H,1-9,14H2,(H2,39,40,41). The van der Waals surface area contributed by atoms with Gasteiger partial charge in [-0.3, -0.25) is 0 Å². The fraction of sp³-hybridized carbons (Fsp3) is 0.483. The molecule has 5 rings (SSSR count). The molecule has 2 aliphatic carbocycles. The molecule has 0 unspecified atom stereocenters. The maximum atomic E-state index is 13.6. The van der Waals surface area contributed by atoms with Crippen molar-refractivity contribution >= 4 is 51.4 Å². The van der Waals surface area contributed by atoms with Crippen molar-refractivity contribution in [3.63, 3.8) is 0 Å². The van der Waals surface area contributed by atoms with Gasteiger partial charge in [-0.25, -0.2) is 9.37 Å². The number of anilines is 2. The molecule has 0 radical (unpaired) electrons. The molecule has 1 aromatic heterocycles. The molecule has 2 saturated carbocycles. The maximum absolute atomic E-state index is 13.6. The summed E-state index contributed by atoms with van der Waals surface area (Å²) in [5, 5.41) is 2.93. The van der Waals surface area contributed by atoms with E-state index in [-0.39, 0.29) is 46.2 Å². The van der Waals surface area contributed by atoms with Gasteiger partial charge in [0.1, 0.15) is 11.6 Å². The molecule has 0 atom stereocenters. The molecule has 0 bridgehead atoms. The lowest BCUT2D eigenvalue weighted by atomic mass is 9.79. The normalized spacial score (nSPS) is 19.3. The van der Waals surface area contributed by atoms with E-state index in [9.17, 15) is 30.7 Å². The quantitative estimate of drug-likeness (QED) is 0.229. The zero-order valence-corrected chi connectivity index (χ0v) is 23.8. The summed E-state index contributed by atoms with van der Waals surface area (Å²) in [5.41, 5.74) is 3.59. The van der Waals surface area contributed by atoms with Gasteiger partial charge in [0.25, 0.3) is 0 Å². The number of aromatic nitrogens is 2. The first kappa shape index (κ1) is 30.8. The second kappa shape index (κ2) is 12.1. The Morgan fingerprint density at radius 3 is 2.24 bits per heavy atom. The number of hydrogen-bond acceptors (Lipinski definition) is 3. The number of hydrogen-bond donors (Lipinski definition) is 2. The molecule has 13 heteroatoms. The van der Waals surface area contributed by atoms with Crippen LogP contribution in [0, 0.1) is 17.7 Å². The number of halogens is 9. The third-order valence-electron chi connectivity index (χ3n) is 7.83. The Bertz CT molecular complexity index is 1450. The van der Waals surface area contributed by atoms with E-state index in [1.165, 1.54) is 6.07 Å². The molecule has 2 N–H and O–H groups in total. The molecule has 0 aliphatic heterocycles. The van der Waals surface area contributed by atoms with Crippen LogP contribution in [0.4, 0.5) is 42.4 Å². The number of benzene rings is 2. The van der Waals surface area contributed by atoms with E-state index in [0.717, 1.165) is 42.5 Å². The molecule has 2 fully saturated rings. The molecule has 228 valence electrons. The summed E-state index contributed by atoms with van der Waals surface area (Å²) in [6.07, 6.45) is -3.72. The van der Waals surface area contributed by atoms with Gasteiger partial charge in [-0.15, -0.1) is 0 Å². The van der Waals surface area contributed by atoms with E-state index >= 15 is 0 Å². The van der Waals surface area contributed by atoms with E-state index in [1.54, 1.807) is 6.07 Å². The Kier molecular flexibility index (Phi) is 8.90. The van der Waals surface area contributed by atoms with Crippen LogP contribution in [0.15, 0.2) is 29.8 Å². The van der Waals surface area contributed by atoms with E-state index in [0.29, 0.717) is 42.3 Å². The second-order valence-electron chi connectivity index (χ2n) is 11.0. The Morgan fingerprint density at radius 1 is 0.976 bits per heavy atom. The monoisotopic (exact) mass is 637 g/mol. The van der Waals surface area contributed by atoms with Crippen LogP contribution < -0.4 is 10.1 Å². The maximum Gasteiger partial charge on any atom is 0.422 e. The summed E-state index contributed by atoms with van der Waals surface area (Å²) < 4.78 is 97.3. The van der Waals surface area contributed by atoms with Crippen LogP contribution in [0.2, 0.25) is 10.0 Å². The first-order chi connectivity index (χ1) is 19.8. The lowest BCUT2D eigenvalue weighted by molar-refractivity contribution is -0.184. The number of alkyl halides is 6. The van der Waals surface area contributed by atoms with Crippen LogP contribution in [0.1, 0.15) is 63.4 Å². The molecule has 4 nitrogen and oxygen atoms in total. The van der Waals surface area contributed by atoms with Gasteiger partial charge in [0, 0.05) is 11.6 Å². The minimum absolute atomic E-state index is 0.0167. The van der Waals surface area contributed by atoms with E-state index in [1.807, 2.05) is 0 Å². The number of imidazole rings is 1. The van der Waals surface area contributed by atoms with Gasteiger partial charge >= 0.3 is 12.4 Å². The summed E-state index contributed by atoms with van der Waals surface area (Å²) in [4.78, 5) is 7.46. The largest absolute Gasteiger partial charge is 0.483 e. The highest BCUT2D eigenvalue weighted by Gasteiger charge is 2.41. The van der Waals surface area contributed by atoms with Crippen molar-refractivity contribution in [2.45, 2.75) is 70.1 Å². The number of fused-ring (bicyclic) bond motifs is 1. The highest BCUT2D eigenvalue weighted by Crippen LogP contribution is 2.45. The number of nitrogens with one attached hydrogen (secondary N) is 2. The van der Waals surface area contributed by atoms with Crippen molar-refractivity contribution < 1.29 is 35.5 Å². The van der Waals surface area contributed by atoms with Crippen molar-refractivity contribution in [3.05, 3.63) is 51.3 Å². The predicted octanol–water partition coefficient (Wildman–Crippen LogP) is 10.8. The zero-order valence-electron chi connectivity index (χ0n) is 22.3. The van der Waals surface area contributed by atoms with Crippen LogP contribution in [0.25, 0.3) is 16.6 Å². The van der Waals surface area contributed by atoms with Crippen LogP contribution in [0.5, 0.6) is 5.75 Å². The number of ether oxygens (including phenoxy) is 1. The fourth-order valence-corrected chi connectivity index (χ4v) is 6.16. The Balaban J connectivity index is 1.37. The summed E-state index contributed by atoms with van der Waals surface area (Å²) in [6.45, 7) is -1.48. The van der Waals surface area contributed by atoms with Crippen molar-refractivity contribution in [1.29, 1.82) is 0 Å². The molecule has 1 heterocycles. The van der Waals surface area contributed by atoms with Gasteiger partial charge in [-0.2, -0.15) is 26.3 Å². The molecular formula is C29H28Cl2F7N3O. The van der Waals surface area contributed by atoms with E-state index < -0.39 is 30.7 Å². The summed E-state index contributed by atoms with van der Waals surface area (Å²) >= 11 is 12.2. The SMILES string of the molecule is Fc1cc(Cl)c(Nc2nc3cc(OCC(F)(F)F)c(C(CCCC4CCC(C(F)(F)F)CC4)=C4CC4)cc3[nH]2)c(Cl)c1. The number of nitrogens with zero attached hydrogens (tertiary/aromatic N) is 1. The molecule has 0 saturated heterocycles. The Hall–Kier alpha value is -2.66. The first-order valence-electron chi connectivity index (χ1n) is 13.7. The van der Waals surface area contributed by atoms with Crippen LogP contribution in [0.3, 0.4) is 0 Å². The van der Waals surface area contributed by atoms with Gasteiger partial charge in [-0.05, 0) is 81.1 Å². The minimum atomic E-state index is -4.55. The molecule has 2 aliphatic rings. The van der Waals surface area contributed by atoms with E-state index in [2.05, 4.69) is 15.3 Å². The summed E-state index contributed by atoms with van der Waals surface area (Å²) in [6, 6.07) is 5.29. The third kappa shape index (κ3) is 7.64. The molecule has 0 amide bonds. The summed E-state index contributed by atoms with van der Waals surface area (Å²) in [7, 11) is 0. The van der Waals surface area contributed by atoms with Crippen molar-refractivity contribution in [2.24, 2.45) is 11.8 Å². The van der Waals surface area contributed by atoms with E-state index in [4.69, 9.17) is 27.9 Å². The number of H-pyrrole nitrogens is 1. The van der Waals surface area contributed by atoms with Crippen LogP contribution in [-0.2, 0) is 0 Å². The zero-order chi connectivity index (χ0) is 30.2. The van der Waals surface area contributed by atoms with Gasteiger partial charge in [0.2, 0.25) is 5.95 Å². The predicted molar refractivity (Wildman–Crippen MR) is 149 cm³/mol. The first-order valence-corrected chi connectivity index (χ1v) is 14.5. The van der Waals surface area contributed by atoms with Crippen molar-refractivity contribution in [3.8, 4) is 5.75 Å². The average Bonchev–Trinajstić information content (AvgIpc) is 3.66. The molecule has 42 heavy (non-hydrogen) atoms. The van der Waals surface area contributed by atoms with Crippen molar-refractivity contribution in [1.82, 2.24) is 9.97 Å².